The van der Waals surface area contributed by atoms with Gasteiger partial charge in [0.05, 0.1) is 18.5 Å². The Bertz CT molecular complexity index is 885. The molecular weight excluding hydrogens is 318 g/mol. The summed E-state index contributed by atoms with van der Waals surface area (Å²) in [5, 5.41) is 8.04. The van der Waals surface area contributed by atoms with Gasteiger partial charge in [-0.15, -0.1) is 5.10 Å². The van der Waals surface area contributed by atoms with E-state index in [1.54, 1.807) is 18.7 Å². The number of nitrogens with zero attached hydrogens (tertiary/aromatic N) is 3. The van der Waals surface area contributed by atoms with Crippen LogP contribution < -0.4 is 4.74 Å². The second kappa shape index (κ2) is 7.17. The molecule has 3 rings (SSSR count). The summed E-state index contributed by atoms with van der Waals surface area (Å²) in [6, 6.07) is 15.1. The van der Waals surface area contributed by atoms with Crippen LogP contribution in [0.2, 0.25) is 0 Å². The first kappa shape index (κ1) is 16.7. The fourth-order valence-corrected chi connectivity index (χ4v) is 2.47. The summed E-state index contributed by atoms with van der Waals surface area (Å²) in [5.41, 5.74) is 3.68. The minimum Gasteiger partial charge on any atom is -0.497 e. The minimum atomic E-state index is -0.486. The zero-order valence-corrected chi connectivity index (χ0v) is 14.4. The van der Waals surface area contributed by atoms with Crippen LogP contribution in [-0.2, 0) is 11.3 Å². The molecule has 25 heavy (non-hydrogen) atoms. The van der Waals surface area contributed by atoms with Gasteiger partial charge in [0.1, 0.15) is 12.4 Å². The SMILES string of the molecule is COc1ccc(-n2nnc(C(=O)OCc3ccccc3C)c2C)cc1. The second-order valence-corrected chi connectivity index (χ2v) is 5.64. The molecule has 128 valence electrons. The Kier molecular flexibility index (Phi) is 4.79. The van der Waals surface area contributed by atoms with Crippen LogP contribution in [0.1, 0.15) is 27.3 Å². The summed E-state index contributed by atoms with van der Waals surface area (Å²) in [7, 11) is 1.61. The molecule has 0 aliphatic carbocycles. The number of rotatable bonds is 5. The van der Waals surface area contributed by atoms with E-state index in [0.29, 0.717) is 5.69 Å². The van der Waals surface area contributed by atoms with E-state index in [1.165, 1.54) is 0 Å². The lowest BCUT2D eigenvalue weighted by Gasteiger charge is -2.07. The van der Waals surface area contributed by atoms with Gasteiger partial charge in [0, 0.05) is 0 Å². The van der Waals surface area contributed by atoms with Gasteiger partial charge in [0.25, 0.3) is 0 Å². The Hall–Kier alpha value is -3.15. The van der Waals surface area contributed by atoms with Crippen LogP contribution in [0.4, 0.5) is 0 Å². The van der Waals surface area contributed by atoms with Crippen molar-refractivity contribution in [1.82, 2.24) is 15.0 Å². The van der Waals surface area contributed by atoms with Crippen molar-refractivity contribution in [2.45, 2.75) is 20.5 Å². The zero-order chi connectivity index (χ0) is 17.8. The predicted molar refractivity (Wildman–Crippen MR) is 92.9 cm³/mol. The third kappa shape index (κ3) is 3.52. The number of esters is 1. The van der Waals surface area contributed by atoms with Crippen molar-refractivity contribution < 1.29 is 14.3 Å². The minimum absolute atomic E-state index is 0.209. The van der Waals surface area contributed by atoms with Crippen molar-refractivity contribution in [3.8, 4) is 11.4 Å². The monoisotopic (exact) mass is 337 g/mol. The van der Waals surface area contributed by atoms with E-state index in [-0.39, 0.29) is 12.3 Å². The Morgan fingerprint density at radius 2 is 1.80 bits per heavy atom. The standard InChI is InChI=1S/C19H19N3O3/c1-13-6-4-5-7-15(13)12-25-19(23)18-14(2)22(21-20-18)16-8-10-17(24-3)11-9-16/h4-11H,12H2,1-3H3. The maximum atomic E-state index is 12.3. The third-order valence-electron chi connectivity index (χ3n) is 4.02. The number of hydrogen-bond acceptors (Lipinski definition) is 5. The maximum absolute atomic E-state index is 12.3. The van der Waals surface area contributed by atoms with Crippen LogP contribution in [0, 0.1) is 13.8 Å². The van der Waals surface area contributed by atoms with E-state index >= 15 is 0 Å². The largest absolute Gasteiger partial charge is 0.497 e. The van der Waals surface area contributed by atoms with Crippen molar-refractivity contribution in [2.24, 2.45) is 0 Å². The topological polar surface area (TPSA) is 66.2 Å². The number of aromatic nitrogens is 3. The van der Waals surface area contributed by atoms with Gasteiger partial charge in [0.15, 0.2) is 5.69 Å². The molecule has 3 aromatic rings. The first-order valence-electron chi connectivity index (χ1n) is 7.88. The fraction of sp³-hybridized carbons (Fsp3) is 0.211. The summed E-state index contributed by atoms with van der Waals surface area (Å²) >= 11 is 0. The van der Waals surface area contributed by atoms with Crippen LogP contribution in [-0.4, -0.2) is 28.1 Å². The molecule has 0 atom stereocenters. The van der Waals surface area contributed by atoms with E-state index in [2.05, 4.69) is 10.3 Å². The molecule has 0 aliphatic heterocycles. The molecule has 0 N–H and O–H groups in total. The van der Waals surface area contributed by atoms with Crippen LogP contribution in [0.3, 0.4) is 0 Å². The zero-order valence-electron chi connectivity index (χ0n) is 14.4. The normalized spacial score (nSPS) is 10.5. The maximum Gasteiger partial charge on any atom is 0.361 e. The molecule has 0 spiro atoms. The van der Waals surface area contributed by atoms with Crippen molar-refractivity contribution in [1.29, 1.82) is 0 Å². The number of carbonyl (C=O) groups is 1. The van der Waals surface area contributed by atoms with Crippen LogP contribution in [0.25, 0.3) is 5.69 Å². The molecule has 1 aromatic heterocycles. The molecule has 0 aliphatic rings. The van der Waals surface area contributed by atoms with E-state index < -0.39 is 5.97 Å². The Morgan fingerprint density at radius 1 is 1.08 bits per heavy atom. The molecule has 0 radical (unpaired) electrons. The van der Waals surface area contributed by atoms with Crippen molar-refractivity contribution in [3.05, 3.63) is 71.0 Å². The molecule has 2 aromatic carbocycles. The molecule has 6 nitrogen and oxygen atoms in total. The molecule has 1 heterocycles. The Morgan fingerprint density at radius 3 is 2.48 bits per heavy atom. The number of carbonyl (C=O) groups excluding carboxylic acids is 1. The van der Waals surface area contributed by atoms with Gasteiger partial charge >= 0.3 is 5.97 Å². The number of benzene rings is 2. The van der Waals surface area contributed by atoms with Gasteiger partial charge in [-0.25, -0.2) is 9.48 Å². The van der Waals surface area contributed by atoms with Crippen molar-refractivity contribution in [2.75, 3.05) is 7.11 Å². The van der Waals surface area contributed by atoms with E-state index in [1.807, 2.05) is 55.5 Å². The molecule has 0 amide bonds. The molecule has 0 fully saturated rings. The third-order valence-corrected chi connectivity index (χ3v) is 4.02. The first-order valence-corrected chi connectivity index (χ1v) is 7.88. The van der Waals surface area contributed by atoms with Crippen molar-refractivity contribution >= 4 is 5.97 Å². The Labute approximate surface area is 146 Å². The first-order chi connectivity index (χ1) is 12.1. The summed E-state index contributed by atoms with van der Waals surface area (Å²) in [5.74, 6) is 0.264. The lowest BCUT2D eigenvalue weighted by atomic mass is 10.1. The highest BCUT2D eigenvalue weighted by Crippen LogP contribution is 2.17. The number of aryl methyl sites for hydroxylation is 1. The fourth-order valence-electron chi connectivity index (χ4n) is 2.47. The van der Waals surface area contributed by atoms with Gasteiger partial charge in [-0.05, 0) is 49.2 Å². The second-order valence-electron chi connectivity index (χ2n) is 5.64. The van der Waals surface area contributed by atoms with E-state index in [9.17, 15) is 4.79 Å². The molecule has 0 saturated heterocycles. The summed E-state index contributed by atoms with van der Waals surface area (Å²) in [6.45, 7) is 3.98. The molecular formula is C19H19N3O3. The van der Waals surface area contributed by atoms with Crippen LogP contribution in [0.5, 0.6) is 5.75 Å². The highest BCUT2D eigenvalue weighted by atomic mass is 16.5. The molecule has 0 bridgehead atoms. The van der Waals surface area contributed by atoms with Gasteiger partial charge in [0.2, 0.25) is 0 Å². The summed E-state index contributed by atoms with van der Waals surface area (Å²) < 4.78 is 12.1. The van der Waals surface area contributed by atoms with Crippen molar-refractivity contribution in [3.63, 3.8) is 0 Å². The number of ether oxygens (including phenoxy) is 2. The highest BCUT2D eigenvalue weighted by molar-refractivity contribution is 5.88. The van der Waals surface area contributed by atoms with E-state index in [0.717, 1.165) is 22.6 Å². The Balaban J connectivity index is 1.75. The summed E-state index contributed by atoms with van der Waals surface area (Å²) in [4.78, 5) is 12.3. The van der Waals surface area contributed by atoms with Gasteiger partial charge in [-0.2, -0.15) is 0 Å². The summed E-state index contributed by atoms with van der Waals surface area (Å²) in [6.07, 6.45) is 0. The quantitative estimate of drug-likeness (QED) is 0.669. The van der Waals surface area contributed by atoms with E-state index in [4.69, 9.17) is 9.47 Å². The molecule has 0 unspecified atom stereocenters. The number of methoxy groups -OCH3 is 1. The van der Waals surface area contributed by atoms with Gasteiger partial charge in [-0.3, -0.25) is 0 Å². The van der Waals surface area contributed by atoms with Crippen LogP contribution >= 0.6 is 0 Å². The highest BCUT2D eigenvalue weighted by Gasteiger charge is 2.19. The lowest BCUT2D eigenvalue weighted by Crippen LogP contribution is -2.09. The average molecular weight is 337 g/mol. The molecule has 0 saturated carbocycles. The van der Waals surface area contributed by atoms with Gasteiger partial charge in [-0.1, -0.05) is 29.5 Å². The smallest absolute Gasteiger partial charge is 0.361 e. The van der Waals surface area contributed by atoms with Crippen LogP contribution in [0.15, 0.2) is 48.5 Å². The average Bonchev–Trinajstić information content (AvgIpc) is 3.02. The predicted octanol–water partition coefficient (Wildman–Crippen LogP) is 3.25. The lowest BCUT2D eigenvalue weighted by molar-refractivity contribution is 0.0464. The molecule has 6 heteroatoms. The number of hydrogen-bond donors (Lipinski definition) is 0. The van der Waals surface area contributed by atoms with Gasteiger partial charge < -0.3 is 9.47 Å².